The molecule has 55 heavy (non-hydrogen) atoms. The molecule has 0 aromatic carbocycles. The first kappa shape index (κ1) is 51.4. The van der Waals surface area contributed by atoms with Crippen LogP contribution in [0.15, 0.2) is 122 Å². The first-order chi connectivity index (χ1) is 26.8. The Labute approximate surface area is 332 Å². The van der Waals surface area contributed by atoms with Crippen LogP contribution in [0.4, 0.5) is 0 Å². The fourth-order valence-corrected chi connectivity index (χ4v) is 5.23. The summed E-state index contributed by atoms with van der Waals surface area (Å²) in [5.41, 5.74) is 5.33. The van der Waals surface area contributed by atoms with Crippen molar-refractivity contribution in [3.05, 3.63) is 122 Å². The van der Waals surface area contributed by atoms with E-state index in [9.17, 15) is 19.0 Å². The summed E-state index contributed by atoms with van der Waals surface area (Å²) in [6.07, 6.45) is 53.9. The van der Waals surface area contributed by atoms with Crippen LogP contribution in [0.1, 0.15) is 117 Å². The second-order valence-electron chi connectivity index (χ2n) is 12.4. The van der Waals surface area contributed by atoms with Gasteiger partial charge in [-0.2, -0.15) is 0 Å². The Morgan fingerprint density at radius 2 is 0.909 bits per heavy atom. The van der Waals surface area contributed by atoms with Crippen molar-refractivity contribution < 1.29 is 37.6 Å². The van der Waals surface area contributed by atoms with E-state index in [1.54, 1.807) is 0 Å². The number of hydrogen-bond donors (Lipinski definition) is 2. The van der Waals surface area contributed by atoms with Crippen LogP contribution in [-0.4, -0.2) is 49.3 Å². The van der Waals surface area contributed by atoms with Crippen molar-refractivity contribution in [2.24, 2.45) is 5.73 Å². The summed E-state index contributed by atoms with van der Waals surface area (Å²) in [7, 11) is -4.41. The van der Waals surface area contributed by atoms with E-state index in [1.165, 1.54) is 0 Å². The minimum atomic E-state index is -4.41. The molecule has 0 rings (SSSR count). The maximum absolute atomic E-state index is 12.5. The molecule has 0 spiro atoms. The number of rotatable bonds is 35. The van der Waals surface area contributed by atoms with Crippen molar-refractivity contribution in [1.29, 1.82) is 0 Å². The SMILES string of the molecule is CC/C=C\C/C=C\C/C=C\C/C=C\C/C=C\CCCC(=O)OC[C@H](COP(=O)(O)OCCN)OC(=O)CCC/C=C\C/C=C\C/C=C\C/C=C\C/C=C\CC. The summed E-state index contributed by atoms with van der Waals surface area (Å²) in [6.45, 7) is 3.32. The standard InChI is InChI=1S/C45H70NO8P/c1-3-5-7-9-11-13-15-17-19-21-23-25-27-29-31-33-35-37-44(47)51-41-43(42-53-55(49,50)52-40-39-46)54-45(48)38-36-34-32-30-28-26-24-22-20-18-16-14-12-10-8-6-4-2/h5-8,11-14,17-20,23-26,29-32,43H,3-4,9-10,15-16,21-22,27-28,33-42,46H2,1-2H3,(H,49,50)/b7-5-,8-6-,13-11-,14-12-,19-17-,20-18-,25-23-,26-24-,31-29-,32-30-/t43-/m1/s1. The summed E-state index contributed by atoms with van der Waals surface area (Å²) in [4.78, 5) is 34.8. The minimum absolute atomic E-state index is 0.0292. The van der Waals surface area contributed by atoms with Crippen LogP contribution < -0.4 is 5.73 Å². The van der Waals surface area contributed by atoms with E-state index < -0.39 is 32.5 Å². The van der Waals surface area contributed by atoms with E-state index in [0.29, 0.717) is 25.7 Å². The predicted octanol–water partition coefficient (Wildman–Crippen LogP) is 11.4. The molecule has 0 amide bonds. The Bertz CT molecular complexity index is 1310. The third-order valence-corrected chi connectivity index (χ3v) is 8.33. The summed E-state index contributed by atoms with van der Waals surface area (Å²) in [5, 5.41) is 0. The Kier molecular flexibility index (Phi) is 37.5. The highest BCUT2D eigenvalue weighted by molar-refractivity contribution is 7.47. The van der Waals surface area contributed by atoms with Crippen LogP contribution in [0.3, 0.4) is 0 Å². The van der Waals surface area contributed by atoms with Crippen LogP contribution in [0.5, 0.6) is 0 Å². The summed E-state index contributed by atoms with van der Waals surface area (Å²) < 4.78 is 32.6. The number of phosphoric ester groups is 1. The van der Waals surface area contributed by atoms with Crippen LogP contribution in [0.25, 0.3) is 0 Å². The lowest BCUT2D eigenvalue weighted by Crippen LogP contribution is -2.29. The van der Waals surface area contributed by atoms with Crippen LogP contribution in [-0.2, 0) is 32.7 Å². The van der Waals surface area contributed by atoms with Gasteiger partial charge in [0.25, 0.3) is 0 Å². The smallest absolute Gasteiger partial charge is 0.462 e. The second kappa shape index (κ2) is 40.1. The van der Waals surface area contributed by atoms with E-state index >= 15 is 0 Å². The zero-order valence-electron chi connectivity index (χ0n) is 33.6. The average Bonchev–Trinajstić information content (AvgIpc) is 3.17. The third-order valence-electron chi connectivity index (χ3n) is 7.34. The van der Waals surface area contributed by atoms with Gasteiger partial charge in [0.1, 0.15) is 6.61 Å². The molecule has 0 saturated heterocycles. The number of hydrogen-bond acceptors (Lipinski definition) is 8. The largest absolute Gasteiger partial charge is 0.472 e. The van der Waals surface area contributed by atoms with Gasteiger partial charge >= 0.3 is 19.8 Å². The van der Waals surface area contributed by atoms with Crippen LogP contribution in [0, 0.1) is 0 Å². The molecule has 1 unspecified atom stereocenters. The number of carbonyl (C=O) groups is 2. The Balaban J connectivity index is 4.43. The normalized spacial score (nSPS) is 14.6. The van der Waals surface area contributed by atoms with Crippen molar-refractivity contribution in [3.8, 4) is 0 Å². The van der Waals surface area contributed by atoms with Gasteiger partial charge in [0.2, 0.25) is 0 Å². The van der Waals surface area contributed by atoms with Crippen molar-refractivity contribution in [1.82, 2.24) is 0 Å². The molecule has 0 aromatic heterocycles. The maximum atomic E-state index is 12.5. The topological polar surface area (TPSA) is 134 Å². The lowest BCUT2D eigenvalue weighted by atomic mass is 10.2. The molecule has 0 aliphatic carbocycles. The van der Waals surface area contributed by atoms with Gasteiger partial charge in [-0.15, -0.1) is 0 Å². The molecule has 9 nitrogen and oxygen atoms in total. The fraction of sp³-hybridized carbons (Fsp3) is 0.511. The van der Waals surface area contributed by atoms with E-state index in [0.717, 1.165) is 64.2 Å². The summed E-state index contributed by atoms with van der Waals surface area (Å²) >= 11 is 0. The molecule has 308 valence electrons. The predicted molar refractivity (Wildman–Crippen MR) is 228 cm³/mol. The zero-order valence-corrected chi connectivity index (χ0v) is 34.5. The fourth-order valence-electron chi connectivity index (χ4n) is 4.47. The van der Waals surface area contributed by atoms with Gasteiger partial charge in [0.15, 0.2) is 6.10 Å². The first-order valence-corrected chi connectivity index (χ1v) is 21.5. The number of unbranched alkanes of at least 4 members (excludes halogenated alkanes) is 2. The molecular weight excluding hydrogens is 713 g/mol. The zero-order chi connectivity index (χ0) is 40.3. The number of carbonyl (C=O) groups excluding carboxylic acids is 2. The highest BCUT2D eigenvalue weighted by Gasteiger charge is 2.25. The third kappa shape index (κ3) is 39.9. The lowest BCUT2D eigenvalue weighted by molar-refractivity contribution is -0.161. The second-order valence-corrected chi connectivity index (χ2v) is 13.8. The summed E-state index contributed by atoms with van der Waals surface area (Å²) in [5.74, 6) is -0.982. The van der Waals surface area contributed by atoms with E-state index in [1.807, 2.05) is 12.2 Å². The molecule has 0 bridgehead atoms. The van der Waals surface area contributed by atoms with Gasteiger partial charge in [0, 0.05) is 19.4 Å². The molecule has 0 heterocycles. The molecule has 0 aromatic rings. The van der Waals surface area contributed by atoms with Gasteiger partial charge in [-0.05, 0) is 89.9 Å². The first-order valence-electron chi connectivity index (χ1n) is 20.0. The van der Waals surface area contributed by atoms with Crippen molar-refractivity contribution in [2.75, 3.05) is 26.4 Å². The molecule has 0 aliphatic rings. The van der Waals surface area contributed by atoms with E-state index in [4.69, 9.17) is 24.3 Å². The Morgan fingerprint density at radius 3 is 1.29 bits per heavy atom. The Hall–Kier alpha value is -3.59. The van der Waals surface area contributed by atoms with Crippen molar-refractivity contribution in [2.45, 2.75) is 123 Å². The quantitative estimate of drug-likeness (QED) is 0.0279. The van der Waals surface area contributed by atoms with Gasteiger partial charge in [-0.3, -0.25) is 18.6 Å². The van der Waals surface area contributed by atoms with Gasteiger partial charge in [0.05, 0.1) is 13.2 Å². The summed E-state index contributed by atoms with van der Waals surface area (Å²) in [6, 6.07) is 0. The molecule has 0 aliphatic heterocycles. The van der Waals surface area contributed by atoms with Gasteiger partial charge in [-0.25, -0.2) is 4.57 Å². The number of nitrogens with two attached hydrogens (primary N) is 1. The minimum Gasteiger partial charge on any atom is -0.462 e. The maximum Gasteiger partial charge on any atom is 0.472 e. The van der Waals surface area contributed by atoms with Gasteiger partial charge < -0.3 is 20.1 Å². The van der Waals surface area contributed by atoms with Crippen LogP contribution in [0.2, 0.25) is 0 Å². The molecule has 0 saturated carbocycles. The number of allylic oxidation sites excluding steroid dienone is 20. The highest BCUT2D eigenvalue weighted by atomic mass is 31.2. The molecule has 0 radical (unpaired) electrons. The van der Waals surface area contributed by atoms with Crippen molar-refractivity contribution >= 4 is 19.8 Å². The number of phosphoric acid groups is 1. The molecule has 0 fully saturated rings. The monoisotopic (exact) mass is 783 g/mol. The molecule has 2 atom stereocenters. The van der Waals surface area contributed by atoms with Gasteiger partial charge in [-0.1, -0.05) is 135 Å². The molecule has 3 N–H and O–H groups in total. The lowest BCUT2D eigenvalue weighted by Gasteiger charge is -2.19. The number of ether oxygens (including phenoxy) is 2. The average molecular weight is 784 g/mol. The molecular formula is C45H70NO8P. The van der Waals surface area contributed by atoms with Crippen molar-refractivity contribution in [3.63, 3.8) is 0 Å². The highest BCUT2D eigenvalue weighted by Crippen LogP contribution is 2.43. The number of esters is 2. The van der Waals surface area contributed by atoms with Crippen LogP contribution >= 0.6 is 7.82 Å². The van der Waals surface area contributed by atoms with E-state index in [-0.39, 0.29) is 32.6 Å². The molecule has 10 heteroatoms. The van der Waals surface area contributed by atoms with E-state index in [2.05, 4.69) is 123 Å². The Morgan fingerprint density at radius 1 is 0.545 bits per heavy atom.